The van der Waals surface area contributed by atoms with E-state index in [1.54, 1.807) is 23.7 Å². The lowest BCUT2D eigenvalue weighted by molar-refractivity contribution is 0.581. The molecule has 0 radical (unpaired) electrons. The van der Waals surface area contributed by atoms with Crippen molar-refractivity contribution in [1.82, 2.24) is 9.71 Å². The molecule has 1 aromatic carbocycles. The van der Waals surface area contributed by atoms with Crippen molar-refractivity contribution < 1.29 is 8.42 Å². The number of rotatable bonds is 5. The molecule has 0 amide bonds. The van der Waals surface area contributed by atoms with E-state index < -0.39 is 10.0 Å². The van der Waals surface area contributed by atoms with Crippen molar-refractivity contribution >= 4 is 38.6 Å². The standard InChI is InChI=1S/C12H13N3O2S3/c1-8-10(19-7-14-8)6-15-20(16,17)11-5-3-2-4-9(11)12(13)18/h2-5,7,15H,6H2,1H3,(H2,13,18). The second kappa shape index (κ2) is 5.96. The molecule has 1 aromatic heterocycles. The molecule has 0 fully saturated rings. The Morgan fingerprint density at radius 1 is 1.45 bits per heavy atom. The molecule has 8 heteroatoms. The molecule has 0 saturated heterocycles. The fourth-order valence-electron chi connectivity index (χ4n) is 1.64. The molecule has 0 aliphatic rings. The first-order chi connectivity index (χ1) is 9.42. The monoisotopic (exact) mass is 327 g/mol. The molecule has 0 aliphatic carbocycles. The quantitative estimate of drug-likeness (QED) is 0.814. The van der Waals surface area contributed by atoms with Crippen LogP contribution in [-0.4, -0.2) is 18.4 Å². The summed E-state index contributed by atoms with van der Waals surface area (Å²) in [5.74, 6) is 0. The van der Waals surface area contributed by atoms with Crippen LogP contribution in [0.15, 0.2) is 34.7 Å². The summed E-state index contributed by atoms with van der Waals surface area (Å²) in [6, 6.07) is 6.40. The molecule has 0 unspecified atom stereocenters. The number of nitrogens with one attached hydrogen (secondary N) is 1. The molecular weight excluding hydrogens is 314 g/mol. The van der Waals surface area contributed by atoms with Crippen LogP contribution in [0.2, 0.25) is 0 Å². The summed E-state index contributed by atoms with van der Waals surface area (Å²) in [5, 5.41) is 0. The first kappa shape index (κ1) is 15.0. The zero-order valence-electron chi connectivity index (χ0n) is 10.7. The summed E-state index contributed by atoms with van der Waals surface area (Å²) in [5.41, 5.74) is 8.40. The average molecular weight is 327 g/mol. The van der Waals surface area contributed by atoms with Crippen LogP contribution in [0.3, 0.4) is 0 Å². The van der Waals surface area contributed by atoms with Gasteiger partial charge in [-0.25, -0.2) is 18.1 Å². The smallest absolute Gasteiger partial charge is 0.241 e. The Morgan fingerprint density at radius 3 is 2.75 bits per heavy atom. The number of hydrogen-bond acceptors (Lipinski definition) is 5. The molecule has 2 aromatic rings. The highest BCUT2D eigenvalue weighted by Gasteiger charge is 2.19. The van der Waals surface area contributed by atoms with E-state index in [2.05, 4.69) is 9.71 Å². The van der Waals surface area contributed by atoms with Gasteiger partial charge in [0.1, 0.15) is 4.99 Å². The number of sulfonamides is 1. The van der Waals surface area contributed by atoms with Crippen LogP contribution in [0.4, 0.5) is 0 Å². The summed E-state index contributed by atoms with van der Waals surface area (Å²) < 4.78 is 27.2. The summed E-state index contributed by atoms with van der Waals surface area (Å²) >= 11 is 6.29. The Hall–Kier alpha value is -1.35. The number of nitrogens with zero attached hydrogens (tertiary/aromatic N) is 1. The van der Waals surface area contributed by atoms with Crippen molar-refractivity contribution in [2.24, 2.45) is 5.73 Å². The van der Waals surface area contributed by atoms with Crippen LogP contribution in [-0.2, 0) is 16.6 Å². The highest BCUT2D eigenvalue weighted by Crippen LogP contribution is 2.17. The van der Waals surface area contributed by atoms with Gasteiger partial charge in [0.15, 0.2) is 0 Å². The van der Waals surface area contributed by atoms with E-state index in [0.29, 0.717) is 5.56 Å². The molecule has 20 heavy (non-hydrogen) atoms. The topological polar surface area (TPSA) is 85.1 Å². The Bertz CT molecular complexity index is 738. The molecule has 5 nitrogen and oxygen atoms in total. The van der Waals surface area contributed by atoms with Gasteiger partial charge in [0.25, 0.3) is 0 Å². The third-order valence-corrected chi connectivity index (χ3v) is 5.32. The van der Waals surface area contributed by atoms with Gasteiger partial charge in [0, 0.05) is 17.0 Å². The van der Waals surface area contributed by atoms with Crippen molar-refractivity contribution in [2.45, 2.75) is 18.4 Å². The fourth-order valence-corrected chi connectivity index (χ4v) is 3.90. The number of hydrogen-bond donors (Lipinski definition) is 2. The highest BCUT2D eigenvalue weighted by atomic mass is 32.2. The third-order valence-electron chi connectivity index (χ3n) is 2.71. The number of thiocarbonyl (C=S) groups is 1. The maximum atomic E-state index is 12.3. The number of aryl methyl sites for hydroxylation is 1. The van der Waals surface area contributed by atoms with Gasteiger partial charge < -0.3 is 5.73 Å². The molecule has 2 rings (SSSR count). The molecule has 106 valence electrons. The first-order valence-corrected chi connectivity index (χ1v) is 8.46. The van der Waals surface area contributed by atoms with Crippen LogP contribution in [0.25, 0.3) is 0 Å². The Labute approximate surface area is 126 Å². The van der Waals surface area contributed by atoms with Crippen LogP contribution in [0.1, 0.15) is 16.1 Å². The van der Waals surface area contributed by atoms with Crippen LogP contribution >= 0.6 is 23.6 Å². The minimum absolute atomic E-state index is 0.0555. The van der Waals surface area contributed by atoms with E-state index in [-0.39, 0.29) is 16.4 Å². The summed E-state index contributed by atoms with van der Waals surface area (Å²) in [6.45, 7) is 2.04. The average Bonchev–Trinajstić information content (AvgIpc) is 2.82. The minimum atomic E-state index is -3.67. The normalized spacial score (nSPS) is 11.4. The van der Waals surface area contributed by atoms with E-state index >= 15 is 0 Å². The number of benzene rings is 1. The largest absolute Gasteiger partial charge is 0.389 e. The Morgan fingerprint density at radius 2 is 2.15 bits per heavy atom. The molecule has 0 bridgehead atoms. The van der Waals surface area contributed by atoms with E-state index in [4.69, 9.17) is 18.0 Å². The first-order valence-electron chi connectivity index (χ1n) is 5.69. The van der Waals surface area contributed by atoms with Gasteiger partial charge in [-0.05, 0) is 13.0 Å². The zero-order valence-corrected chi connectivity index (χ0v) is 13.1. The van der Waals surface area contributed by atoms with Crippen molar-refractivity contribution in [3.63, 3.8) is 0 Å². The second-order valence-corrected chi connectivity index (χ2v) is 7.16. The van der Waals surface area contributed by atoms with Gasteiger partial charge in [-0.15, -0.1) is 11.3 Å². The van der Waals surface area contributed by atoms with E-state index in [9.17, 15) is 8.42 Å². The highest BCUT2D eigenvalue weighted by molar-refractivity contribution is 7.89. The third kappa shape index (κ3) is 3.21. The minimum Gasteiger partial charge on any atom is -0.389 e. The molecular formula is C12H13N3O2S3. The number of nitrogens with two attached hydrogens (primary N) is 1. The van der Waals surface area contributed by atoms with Crippen LogP contribution < -0.4 is 10.5 Å². The van der Waals surface area contributed by atoms with E-state index in [1.165, 1.54) is 17.4 Å². The predicted molar refractivity (Wildman–Crippen MR) is 83.2 cm³/mol. The maximum absolute atomic E-state index is 12.3. The summed E-state index contributed by atoms with van der Waals surface area (Å²) in [6.07, 6.45) is 0. The van der Waals surface area contributed by atoms with Crippen molar-refractivity contribution in [3.05, 3.63) is 45.9 Å². The van der Waals surface area contributed by atoms with Gasteiger partial charge in [0.05, 0.1) is 16.1 Å². The molecule has 0 spiro atoms. The lowest BCUT2D eigenvalue weighted by Crippen LogP contribution is -2.26. The van der Waals surface area contributed by atoms with Crippen molar-refractivity contribution in [3.8, 4) is 0 Å². The molecule has 1 heterocycles. The molecule has 0 saturated carbocycles. The van der Waals surface area contributed by atoms with E-state index in [0.717, 1.165) is 10.6 Å². The number of thiazole rings is 1. The lowest BCUT2D eigenvalue weighted by atomic mass is 10.2. The van der Waals surface area contributed by atoms with Gasteiger partial charge >= 0.3 is 0 Å². The van der Waals surface area contributed by atoms with Crippen LogP contribution in [0.5, 0.6) is 0 Å². The maximum Gasteiger partial charge on any atom is 0.241 e. The SMILES string of the molecule is Cc1ncsc1CNS(=O)(=O)c1ccccc1C(N)=S. The molecule has 3 N–H and O–H groups in total. The van der Waals surface area contributed by atoms with Gasteiger partial charge in [-0.3, -0.25) is 0 Å². The Kier molecular flexibility index (Phi) is 4.48. The summed E-state index contributed by atoms with van der Waals surface area (Å²) in [4.78, 5) is 5.10. The van der Waals surface area contributed by atoms with Gasteiger partial charge in [-0.1, -0.05) is 30.4 Å². The van der Waals surface area contributed by atoms with Crippen molar-refractivity contribution in [1.29, 1.82) is 0 Å². The van der Waals surface area contributed by atoms with Crippen LogP contribution in [0, 0.1) is 6.92 Å². The molecule has 0 atom stereocenters. The zero-order chi connectivity index (χ0) is 14.8. The summed E-state index contributed by atoms with van der Waals surface area (Å²) in [7, 11) is -3.67. The van der Waals surface area contributed by atoms with Crippen molar-refractivity contribution in [2.75, 3.05) is 0 Å². The fraction of sp³-hybridized carbons (Fsp3) is 0.167. The number of aromatic nitrogens is 1. The van der Waals surface area contributed by atoms with Gasteiger partial charge in [0.2, 0.25) is 10.0 Å². The van der Waals surface area contributed by atoms with Gasteiger partial charge in [-0.2, -0.15) is 0 Å². The predicted octanol–water partition coefficient (Wildman–Crippen LogP) is 1.56. The molecule has 0 aliphatic heterocycles. The Balaban J connectivity index is 2.27. The second-order valence-electron chi connectivity index (χ2n) is 4.05. The lowest BCUT2D eigenvalue weighted by Gasteiger charge is -2.10. The van der Waals surface area contributed by atoms with E-state index in [1.807, 2.05) is 6.92 Å².